The summed E-state index contributed by atoms with van der Waals surface area (Å²) in [6, 6.07) is 12.2. The highest BCUT2D eigenvalue weighted by Crippen LogP contribution is 2.26. The monoisotopic (exact) mass is 604 g/mol. The molecule has 10 nitrogen and oxygen atoms in total. The lowest BCUT2D eigenvalue weighted by molar-refractivity contribution is -0.141. The molecule has 0 spiro atoms. The molecule has 0 saturated carbocycles. The predicted octanol–water partition coefficient (Wildman–Crippen LogP) is 4.94. The van der Waals surface area contributed by atoms with E-state index in [1.807, 2.05) is 36.6 Å². The van der Waals surface area contributed by atoms with E-state index in [1.54, 1.807) is 31.3 Å². The van der Waals surface area contributed by atoms with Crippen molar-refractivity contribution in [3.8, 4) is 0 Å². The summed E-state index contributed by atoms with van der Waals surface area (Å²) in [5.41, 5.74) is 1.01. The van der Waals surface area contributed by atoms with Gasteiger partial charge in [-0.2, -0.15) is 5.10 Å². The molecule has 0 aliphatic carbocycles. The van der Waals surface area contributed by atoms with Gasteiger partial charge in [0.15, 0.2) is 11.4 Å². The Bertz CT molecular complexity index is 1540. The number of rotatable bonds is 13. The van der Waals surface area contributed by atoms with Crippen molar-refractivity contribution in [2.75, 3.05) is 24.3 Å². The lowest BCUT2D eigenvalue weighted by Gasteiger charge is -2.18. The number of anilines is 1. The molecular formula is C27H30Cl2N6O4S. The van der Waals surface area contributed by atoms with E-state index in [2.05, 4.69) is 20.6 Å². The summed E-state index contributed by atoms with van der Waals surface area (Å²) >= 11 is 13.4. The van der Waals surface area contributed by atoms with Gasteiger partial charge in [0.05, 0.1) is 34.0 Å². The van der Waals surface area contributed by atoms with Crippen LogP contribution in [0.3, 0.4) is 0 Å². The van der Waals surface area contributed by atoms with Crippen LogP contribution in [0.5, 0.6) is 0 Å². The standard InChI is InChI=1S/C27H30Cl2N6O4S/c1-4-38-25(39-5-2)12-13-35-23(15-22-18-8-6-7-9-19(18)26(37)34(3)33-22)31-32-27(35)40-16-24(36)30-21-11-10-17(28)14-20(21)29/h6-11,14,25H,4-5,12-13,15-16H2,1-3H3,(H,30,36). The second-order valence-corrected chi connectivity index (χ2v) is 10.5. The molecule has 0 aliphatic rings. The van der Waals surface area contributed by atoms with Gasteiger partial charge in [0.25, 0.3) is 5.56 Å². The fourth-order valence-corrected chi connectivity index (χ4v) is 5.40. The zero-order chi connectivity index (χ0) is 28.6. The summed E-state index contributed by atoms with van der Waals surface area (Å²) in [7, 11) is 1.63. The number of nitrogens with one attached hydrogen (secondary N) is 1. The first kappa shape index (κ1) is 30.0. The molecule has 0 unspecified atom stereocenters. The third-order valence-electron chi connectivity index (χ3n) is 5.98. The van der Waals surface area contributed by atoms with E-state index in [9.17, 15) is 9.59 Å². The normalized spacial score (nSPS) is 11.4. The van der Waals surface area contributed by atoms with Gasteiger partial charge >= 0.3 is 0 Å². The highest BCUT2D eigenvalue weighted by molar-refractivity contribution is 7.99. The second-order valence-electron chi connectivity index (χ2n) is 8.74. The average molecular weight is 606 g/mol. The number of thioether (sulfide) groups is 1. The molecule has 0 atom stereocenters. The molecule has 2 aromatic heterocycles. The Morgan fingerprint density at radius 3 is 2.50 bits per heavy atom. The Kier molecular flexibility index (Phi) is 10.6. The zero-order valence-electron chi connectivity index (χ0n) is 22.4. The molecule has 1 amide bonds. The smallest absolute Gasteiger partial charge is 0.274 e. The van der Waals surface area contributed by atoms with Crippen molar-refractivity contribution in [3.63, 3.8) is 0 Å². The second kappa shape index (κ2) is 14.1. The lowest BCUT2D eigenvalue weighted by Crippen LogP contribution is -2.23. The average Bonchev–Trinajstić information content (AvgIpc) is 3.32. The molecule has 0 radical (unpaired) electrons. The predicted molar refractivity (Wildman–Crippen MR) is 157 cm³/mol. The summed E-state index contributed by atoms with van der Waals surface area (Å²) in [5, 5.41) is 18.9. The van der Waals surface area contributed by atoms with Crippen molar-refractivity contribution in [3.05, 3.63) is 74.4 Å². The highest BCUT2D eigenvalue weighted by atomic mass is 35.5. The van der Waals surface area contributed by atoms with Crippen LogP contribution in [0.2, 0.25) is 10.0 Å². The maximum Gasteiger partial charge on any atom is 0.274 e. The van der Waals surface area contributed by atoms with Gasteiger partial charge in [0, 0.05) is 43.6 Å². The molecule has 40 heavy (non-hydrogen) atoms. The number of ether oxygens (including phenoxy) is 2. The van der Waals surface area contributed by atoms with Crippen LogP contribution in [0, 0.1) is 0 Å². The Balaban J connectivity index is 1.58. The van der Waals surface area contributed by atoms with Crippen molar-refractivity contribution in [1.29, 1.82) is 0 Å². The molecule has 2 heterocycles. The van der Waals surface area contributed by atoms with Crippen LogP contribution < -0.4 is 10.9 Å². The van der Waals surface area contributed by atoms with E-state index < -0.39 is 6.29 Å². The number of benzene rings is 2. The van der Waals surface area contributed by atoms with Gasteiger partial charge in [-0.1, -0.05) is 53.2 Å². The zero-order valence-corrected chi connectivity index (χ0v) is 24.7. The largest absolute Gasteiger partial charge is 0.353 e. The molecule has 0 fully saturated rings. The quantitative estimate of drug-likeness (QED) is 0.169. The SMILES string of the molecule is CCOC(CCn1c(Cc2nn(C)c(=O)c3ccccc23)nnc1SCC(=O)Nc1ccc(Cl)cc1Cl)OCC. The van der Waals surface area contributed by atoms with E-state index >= 15 is 0 Å². The minimum atomic E-state index is -0.394. The molecule has 4 aromatic rings. The summed E-state index contributed by atoms with van der Waals surface area (Å²) < 4.78 is 14.7. The van der Waals surface area contributed by atoms with Gasteiger partial charge in [-0.3, -0.25) is 9.59 Å². The number of fused-ring (bicyclic) bond motifs is 1. The fourth-order valence-electron chi connectivity index (χ4n) is 4.17. The Hall–Kier alpha value is -2.96. The van der Waals surface area contributed by atoms with Crippen molar-refractivity contribution in [1.82, 2.24) is 24.5 Å². The Morgan fingerprint density at radius 2 is 1.80 bits per heavy atom. The molecular weight excluding hydrogens is 575 g/mol. The summed E-state index contributed by atoms with van der Waals surface area (Å²) in [6.45, 7) is 5.36. The van der Waals surface area contributed by atoms with Crippen LogP contribution in [0.4, 0.5) is 5.69 Å². The van der Waals surface area contributed by atoms with E-state index in [0.29, 0.717) is 70.4 Å². The number of amides is 1. The first-order valence-corrected chi connectivity index (χ1v) is 14.5. The number of carbonyl (C=O) groups excluding carboxylic acids is 1. The number of carbonyl (C=O) groups is 1. The van der Waals surface area contributed by atoms with E-state index in [-0.39, 0.29) is 17.2 Å². The first-order chi connectivity index (χ1) is 19.3. The lowest BCUT2D eigenvalue weighted by atomic mass is 10.1. The molecule has 212 valence electrons. The maximum absolute atomic E-state index is 12.7. The molecule has 0 saturated heterocycles. The number of nitrogens with zero attached hydrogens (tertiary/aromatic N) is 5. The van der Waals surface area contributed by atoms with Gasteiger partial charge in [-0.05, 0) is 38.1 Å². The number of halogens is 2. The molecule has 1 N–H and O–H groups in total. The van der Waals surface area contributed by atoms with Gasteiger partial charge in [0.1, 0.15) is 5.82 Å². The number of aryl methyl sites for hydroxylation is 1. The summed E-state index contributed by atoms with van der Waals surface area (Å²) in [5.74, 6) is 0.475. The van der Waals surface area contributed by atoms with Crippen LogP contribution in [-0.2, 0) is 34.3 Å². The van der Waals surface area contributed by atoms with Gasteiger partial charge < -0.3 is 19.4 Å². The third kappa shape index (κ3) is 7.41. The fraction of sp³-hybridized carbons (Fsp3) is 0.370. The van der Waals surface area contributed by atoms with Crippen LogP contribution in [0.1, 0.15) is 31.8 Å². The van der Waals surface area contributed by atoms with E-state index in [4.69, 9.17) is 32.7 Å². The van der Waals surface area contributed by atoms with Crippen molar-refractivity contribution in [2.24, 2.45) is 7.05 Å². The maximum atomic E-state index is 12.7. The molecule has 2 aromatic carbocycles. The van der Waals surface area contributed by atoms with E-state index in [0.717, 1.165) is 5.39 Å². The first-order valence-electron chi connectivity index (χ1n) is 12.8. The number of aromatic nitrogens is 5. The number of hydrogen-bond donors (Lipinski definition) is 1. The van der Waals surface area contributed by atoms with Crippen LogP contribution in [0.15, 0.2) is 52.4 Å². The van der Waals surface area contributed by atoms with Crippen molar-refractivity contribution in [2.45, 2.75) is 44.7 Å². The van der Waals surface area contributed by atoms with Gasteiger partial charge in [-0.25, -0.2) is 4.68 Å². The number of hydrogen-bond acceptors (Lipinski definition) is 8. The Labute approximate surface area is 246 Å². The minimum absolute atomic E-state index is 0.0818. The molecule has 0 aliphatic heterocycles. The van der Waals surface area contributed by atoms with Crippen molar-refractivity contribution < 1.29 is 14.3 Å². The van der Waals surface area contributed by atoms with Gasteiger partial charge in [-0.15, -0.1) is 10.2 Å². The van der Waals surface area contributed by atoms with Crippen molar-refractivity contribution >= 4 is 57.3 Å². The molecule has 4 rings (SSSR count). The van der Waals surface area contributed by atoms with Crippen LogP contribution in [-0.4, -0.2) is 55.7 Å². The topological polar surface area (TPSA) is 113 Å². The molecule has 13 heteroatoms. The molecule has 0 bridgehead atoms. The highest BCUT2D eigenvalue weighted by Gasteiger charge is 2.19. The van der Waals surface area contributed by atoms with Crippen LogP contribution in [0.25, 0.3) is 10.8 Å². The van der Waals surface area contributed by atoms with Crippen LogP contribution >= 0.6 is 35.0 Å². The summed E-state index contributed by atoms with van der Waals surface area (Å²) in [6.07, 6.45) is 0.492. The Morgan fingerprint density at radius 1 is 1.07 bits per heavy atom. The van der Waals surface area contributed by atoms with E-state index in [1.165, 1.54) is 16.4 Å². The third-order valence-corrected chi connectivity index (χ3v) is 7.50. The minimum Gasteiger partial charge on any atom is -0.353 e. The van der Waals surface area contributed by atoms with Gasteiger partial charge in [0.2, 0.25) is 5.91 Å². The summed E-state index contributed by atoms with van der Waals surface area (Å²) in [4.78, 5) is 25.3.